The highest BCUT2D eigenvalue weighted by Crippen LogP contribution is 2.26. The van der Waals surface area contributed by atoms with Gasteiger partial charge in [-0.3, -0.25) is 0 Å². The Balaban J connectivity index is 0.000000917. The first kappa shape index (κ1) is 17.8. The first-order chi connectivity index (χ1) is 8.27. The first-order valence-corrected chi connectivity index (χ1v) is 7.13. The number of halogens is 2. The minimum Gasteiger partial charge on any atom is -0.372 e. The molecule has 1 aliphatic rings. The molecular formula is C14H24BrClN2. The molecule has 0 spiro atoms. The van der Waals surface area contributed by atoms with Crippen molar-refractivity contribution < 1.29 is 0 Å². The summed E-state index contributed by atoms with van der Waals surface area (Å²) in [5.74, 6) is 0. The topological polar surface area (TPSA) is 29.3 Å². The zero-order valence-electron chi connectivity index (χ0n) is 11.2. The van der Waals surface area contributed by atoms with Crippen molar-refractivity contribution in [2.45, 2.75) is 38.1 Å². The highest BCUT2D eigenvalue weighted by Gasteiger charge is 2.17. The number of anilines is 1. The average molecular weight is 336 g/mol. The Morgan fingerprint density at radius 2 is 1.56 bits per heavy atom. The van der Waals surface area contributed by atoms with Gasteiger partial charge in [-0.15, -0.1) is 12.4 Å². The van der Waals surface area contributed by atoms with Crippen LogP contribution in [0, 0.1) is 0 Å². The monoisotopic (exact) mass is 334 g/mol. The number of nitrogens with zero attached hydrogens (tertiary/aromatic N) is 1. The zero-order valence-corrected chi connectivity index (χ0v) is 13.6. The molecule has 0 heterocycles. The van der Waals surface area contributed by atoms with Gasteiger partial charge in [0.15, 0.2) is 0 Å². The van der Waals surface area contributed by atoms with Crippen molar-refractivity contribution in [1.82, 2.24) is 0 Å². The summed E-state index contributed by atoms with van der Waals surface area (Å²) in [5.41, 5.74) is 5.84. The molecular weight excluding hydrogens is 312 g/mol. The van der Waals surface area contributed by atoms with Crippen LogP contribution in [-0.2, 0) is 0 Å². The maximum absolute atomic E-state index is 4.50. The fourth-order valence-corrected chi connectivity index (χ4v) is 2.62. The second-order valence-electron chi connectivity index (χ2n) is 4.38. The van der Waals surface area contributed by atoms with E-state index < -0.39 is 0 Å². The number of hydrogen-bond acceptors (Lipinski definition) is 2. The predicted molar refractivity (Wildman–Crippen MR) is 86.8 cm³/mol. The maximum atomic E-state index is 4.50. The van der Waals surface area contributed by atoms with Gasteiger partial charge in [-0.05, 0) is 44.2 Å². The molecule has 2 N–H and O–H groups in total. The first-order valence-electron chi connectivity index (χ1n) is 6.33. The van der Waals surface area contributed by atoms with Crippen LogP contribution in [0.5, 0.6) is 0 Å². The summed E-state index contributed by atoms with van der Waals surface area (Å²) < 4.78 is 1.16. The van der Waals surface area contributed by atoms with E-state index in [1.165, 1.54) is 44.8 Å². The summed E-state index contributed by atoms with van der Waals surface area (Å²) in [6.07, 6.45) is 6.92. The van der Waals surface area contributed by atoms with Crippen LogP contribution in [0.1, 0.15) is 32.1 Å². The van der Waals surface area contributed by atoms with E-state index in [9.17, 15) is 0 Å². The molecule has 2 nitrogen and oxygen atoms in total. The molecule has 4 heteroatoms. The molecule has 0 amide bonds. The third-order valence-corrected chi connectivity index (χ3v) is 3.88. The van der Waals surface area contributed by atoms with Crippen molar-refractivity contribution in [3.8, 4) is 0 Å². The van der Waals surface area contributed by atoms with E-state index in [0.29, 0.717) is 0 Å². The van der Waals surface area contributed by atoms with Gasteiger partial charge in [0.2, 0.25) is 0 Å². The van der Waals surface area contributed by atoms with Crippen LogP contribution in [0.2, 0.25) is 0 Å². The fraction of sp³-hybridized carbons (Fsp3) is 0.571. The lowest BCUT2D eigenvalue weighted by Crippen LogP contribution is -2.33. The summed E-state index contributed by atoms with van der Waals surface area (Å²) in [5, 5.41) is 0. The van der Waals surface area contributed by atoms with Gasteiger partial charge in [0, 0.05) is 23.2 Å². The Labute approximate surface area is 125 Å². The normalized spacial score (nSPS) is 15.1. The van der Waals surface area contributed by atoms with Crippen molar-refractivity contribution in [2.75, 3.05) is 19.0 Å². The highest BCUT2D eigenvalue weighted by molar-refractivity contribution is 9.10. The average Bonchev–Trinajstić information content (AvgIpc) is 2.42. The zero-order chi connectivity index (χ0) is 12.7. The van der Waals surface area contributed by atoms with Gasteiger partial charge in [0.25, 0.3) is 0 Å². The van der Waals surface area contributed by atoms with Gasteiger partial charge in [0.05, 0.1) is 0 Å². The molecule has 0 saturated heterocycles. The molecule has 1 fully saturated rings. The summed E-state index contributed by atoms with van der Waals surface area (Å²) >= 11 is 3.47. The Hall–Kier alpha value is -0.250. The minimum atomic E-state index is 0. The van der Waals surface area contributed by atoms with E-state index in [-0.39, 0.29) is 12.4 Å². The molecule has 0 aliphatic heterocycles. The third kappa shape index (κ3) is 5.17. The van der Waals surface area contributed by atoms with Crippen LogP contribution in [0.25, 0.3) is 0 Å². The smallest absolute Gasteiger partial charge is 0.0366 e. The molecule has 0 radical (unpaired) electrons. The fourth-order valence-electron chi connectivity index (χ4n) is 2.36. The number of benzene rings is 1. The third-order valence-electron chi connectivity index (χ3n) is 3.36. The van der Waals surface area contributed by atoms with Crippen LogP contribution in [0.4, 0.5) is 5.69 Å². The minimum absolute atomic E-state index is 0. The number of rotatable bonds is 2. The van der Waals surface area contributed by atoms with E-state index in [1.807, 2.05) is 0 Å². The summed E-state index contributed by atoms with van der Waals surface area (Å²) in [4.78, 5) is 2.44. The molecule has 1 aromatic carbocycles. The number of hydrogen-bond donors (Lipinski definition) is 1. The standard InChI is InChI=1S/C13H18BrN.CH5N.ClH/c1-15(12-5-3-2-4-6-12)13-9-7-11(14)8-10-13;1-2;/h7-10,12H,2-6H2,1H3;2H2,1H3;1H. The highest BCUT2D eigenvalue weighted by atomic mass is 79.9. The molecule has 0 unspecified atom stereocenters. The van der Waals surface area contributed by atoms with Crippen molar-refractivity contribution in [3.63, 3.8) is 0 Å². The van der Waals surface area contributed by atoms with Gasteiger partial charge >= 0.3 is 0 Å². The molecule has 18 heavy (non-hydrogen) atoms. The summed E-state index contributed by atoms with van der Waals surface area (Å²) in [7, 11) is 3.72. The van der Waals surface area contributed by atoms with E-state index in [0.717, 1.165) is 10.5 Å². The van der Waals surface area contributed by atoms with E-state index in [1.54, 1.807) is 0 Å². The Bertz CT molecular complexity index is 310. The van der Waals surface area contributed by atoms with Crippen LogP contribution >= 0.6 is 28.3 Å². The second kappa shape index (κ2) is 9.65. The lowest BCUT2D eigenvalue weighted by molar-refractivity contribution is 0.427. The van der Waals surface area contributed by atoms with E-state index >= 15 is 0 Å². The van der Waals surface area contributed by atoms with Gasteiger partial charge in [-0.25, -0.2) is 0 Å². The maximum Gasteiger partial charge on any atom is 0.0366 e. The van der Waals surface area contributed by atoms with Crippen LogP contribution in [0.15, 0.2) is 28.7 Å². The van der Waals surface area contributed by atoms with E-state index in [2.05, 4.69) is 57.9 Å². The van der Waals surface area contributed by atoms with Crippen molar-refractivity contribution in [2.24, 2.45) is 5.73 Å². The van der Waals surface area contributed by atoms with E-state index in [4.69, 9.17) is 0 Å². The van der Waals surface area contributed by atoms with Crippen molar-refractivity contribution >= 4 is 34.0 Å². The Kier molecular flexibility index (Phi) is 9.52. The predicted octanol–water partition coefficient (Wildman–Crippen LogP) is 4.21. The molecule has 0 atom stereocenters. The quantitative estimate of drug-likeness (QED) is 0.877. The Morgan fingerprint density at radius 3 is 2.06 bits per heavy atom. The lowest BCUT2D eigenvalue weighted by atomic mass is 9.94. The van der Waals surface area contributed by atoms with Gasteiger partial charge in [0.1, 0.15) is 0 Å². The van der Waals surface area contributed by atoms with Crippen LogP contribution in [0.3, 0.4) is 0 Å². The van der Waals surface area contributed by atoms with Crippen LogP contribution in [-0.4, -0.2) is 20.1 Å². The van der Waals surface area contributed by atoms with Gasteiger partial charge in [-0.1, -0.05) is 35.2 Å². The lowest BCUT2D eigenvalue weighted by Gasteiger charge is -2.33. The molecule has 2 rings (SSSR count). The molecule has 0 bridgehead atoms. The summed E-state index contributed by atoms with van der Waals surface area (Å²) in [6.45, 7) is 0. The number of nitrogens with two attached hydrogens (primary N) is 1. The van der Waals surface area contributed by atoms with Crippen molar-refractivity contribution in [3.05, 3.63) is 28.7 Å². The second-order valence-corrected chi connectivity index (χ2v) is 5.29. The molecule has 1 aromatic rings. The molecule has 104 valence electrons. The summed E-state index contributed by atoms with van der Waals surface area (Å²) in [6, 6.07) is 9.38. The molecule has 1 aliphatic carbocycles. The van der Waals surface area contributed by atoms with Gasteiger partial charge < -0.3 is 10.6 Å². The van der Waals surface area contributed by atoms with Gasteiger partial charge in [-0.2, -0.15) is 0 Å². The largest absolute Gasteiger partial charge is 0.372 e. The van der Waals surface area contributed by atoms with Crippen LogP contribution < -0.4 is 10.6 Å². The van der Waals surface area contributed by atoms with Crippen molar-refractivity contribution in [1.29, 1.82) is 0 Å². The SMILES string of the molecule is CN.CN(c1ccc(Br)cc1)C1CCCCC1.Cl. The Morgan fingerprint density at radius 1 is 1.06 bits per heavy atom. The molecule has 1 saturated carbocycles. The molecule has 0 aromatic heterocycles.